The van der Waals surface area contributed by atoms with Crippen molar-refractivity contribution in [3.05, 3.63) is 36.9 Å². The van der Waals surface area contributed by atoms with Crippen LogP contribution in [0.2, 0.25) is 8.67 Å². The summed E-state index contributed by atoms with van der Waals surface area (Å²) in [6, 6.07) is 1.60. The van der Waals surface area contributed by atoms with Crippen molar-refractivity contribution in [3.8, 4) is 0 Å². The van der Waals surface area contributed by atoms with E-state index in [1.54, 1.807) is 12.3 Å². The van der Waals surface area contributed by atoms with Crippen LogP contribution < -0.4 is 0 Å². The van der Waals surface area contributed by atoms with Crippen molar-refractivity contribution in [1.29, 1.82) is 0 Å². The molecule has 0 radical (unpaired) electrons. The van der Waals surface area contributed by atoms with Gasteiger partial charge in [-0.2, -0.15) is 0 Å². The standard InChI is InChI=1S/C9H5Cl2NOS2/c10-7-3-5(9(11)15-7)6(13)4-8-12-1-2-14-8/h1-3H,4H2. The van der Waals surface area contributed by atoms with Crippen LogP contribution in [0, 0.1) is 0 Å². The number of halogens is 2. The second-order valence-electron chi connectivity index (χ2n) is 2.76. The predicted octanol–water partition coefficient (Wildman–Crippen LogP) is 3.94. The van der Waals surface area contributed by atoms with Crippen LogP contribution >= 0.6 is 45.9 Å². The Balaban J connectivity index is 2.18. The van der Waals surface area contributed by atoms with Gasteiger partial charge in [-0.1, -0.05) is 23.2 Å². The summed E-state index contributed by atoms with van der Waals surface area (Å²) in [5.41, 5.74) is 0.488. The number of thiazole rings is 1. The van der Waals surface area contributed by atoms with Crippen molar-refractivity contribution < 1.29 is 4.79 Å². The molecule has 0 N–H and O–H groups in total. The van der Waals surface area contributed by atoms with E-state index in [1.807, 2.05) is 5.38 Å². The Morgan fingerprint density at radius 3 is 2.80 bits per heavy atom. The van der Waals surface area contributed by atoms with E-state index in [4.69, 9.17) is 23.2 Å². The van der Waals surface area contributed by atoms with Gasteiger partial charge in [0.15, 0.2) is 5.78 Å². The molecule has 0 aliphatic heterocycles. The molecule has 0 spiro atoms. The van der Waals surface area contributed by atoms with Crippen molar-refractivity contribution in [1.82, 2.24) is 4.98 Å². The molecule has 2 nitrogen and oxygen atoms in total. The fourth-order valence-corrected chi connectivity index (χ4v) is 3.22. The van der Waals surface area contributed by atoms with Gasteiger partial charge < -0.3 is 0 Å². The zero-order valence-electron chi connectivity index (χ0n) is 7.37. The first kappa shape index (κ1) is 11.1. The Kier molecular flexibility index (Phi) is 3.41. The predicted molar refractivity (Wildman–Crippen MR) is 64.5 cm³/mol. The highest BCUT2D eigenvalue weighted by atomic mass is 35.5. The molecule has 2 heterocycles. The minimum absolute atomic E-state index is 0.0434. The maximum atomic E-state index is 11.8. The molecule has 0 fully saturated rings. The van der Waals surface area contributed by atoms with Gasteiger partial charge in [0, 0.05) is 17.1 Å². The first-order chi connectivity index (χ1) is 7.16. The van der Waals surface area contributed by atoms with E-state index < -0.39 is 0 Å². The Bertz CT molecular complexity index is 478. The number of rotatable bonds is 3. The second-order valence-corrected chi connectivity index (χ2v) is 6.03. The smallest absolute Gasteiger partial charge is 0.172 e. The van der Waals surface area contributed by atoms with E-state index in [2.05, 4.69) is 4.98 Å². The topological polar surface area (TPSA) is 30.0 Å². The number of nitrogens with zero attached hydrogens (tertiary/aromatic N) is 1. The van der Waals surface area contributed by atoms with Crippen LogP contribution in [0.3, 0.4) is 0 Å². The lowest BCUT2D eigenvalue weighted by Crippen LogP contribution is -2.01. The van der Waals surface area contributed by atoms with Crippen molar-refractivity contribution >= 4 is 51.7 Å². The average molecular weight is 278 g/mol. The number of aromatic nitrogens is 1. The molecule has 0 amide bonds. The fraction of sp³-hybridized carbons (Fsp3) is 0.111. The van der Waals surface area contributed by atoms with Crippen molar-refractivity contribution in [2.75, 3.05) is 0 Å². The third-order valence-corrected chi connectivity index (χ3v) is 4.02. The van der Waals surface area contributed by atoms with E-state index in [-0.39, 0.29) is 12.2 Å². The minimum Gasteiger partial charge on any atom is -0.294 e. The summed E-state index contributed by atoms with van der Waals surface area (Å²) < 4.78 is 0.976. The van der Waals surface area contributed by atoms with Crippen LogP contribution in [0.15, 0.2) is 17.6 Å². The van der Waals surface area contributed by atoms with Gasteiger partial charge in [-0.15, -0.1) is 22.7 Å². The van der Waals surface area contributed by atoms with Gasteiger partial charge in [-0.05, 0) is 6.07 Å². The molecule has 0 atom stereocenters. The molecule has 0 unspecified atom stereocenters. The second kappa shape index (κ2) is 4.61. The van der Waals surface area contributed by atoms with Crippen LogP contribution in [0.4, 0.5) is 0 Å². The molecule has 78 valence electrons. The number of hydrogen-bond acceptors (Lipinski definition) is 4. The highest BCUT2D eigenvalue weighted by Gasteiger charge is 2.15. The summed E-state index contributed by atoms with van der Waals surface area (Å²) in [4.78, 5) is 15.8. The van der Waals surface area contributed by atoms with E-state index in [9.17, 15) is 4.79 Å². The summed E-state index contributed by atoms with van der Waals surface area (Å²) in [5.74, 6) is -0.0434. The molecule has 2 aromatic heterocycles. The van der Waals surface area contributed by atoms with Gasteiger partial charge in [-0.3, -0.25) is 4.79 Å². The lowest BCUT2D eigenvalue weighted by molar-refractivity contribution is 0.0993. The summed E-state index contributed by atoms with van der Waals surface area (Å²) >= 11 is 14.3. The van der Waals surface area contributed by atoms with Gasteiger partial charge in [0.25, 0.3) is 0 Å². The van der Waals surface area contributed by atoms with Crippen LogP contribution in [-0.2, 0) is 6.42 Å². The monoisotopic (exact) mass is 277 g/mol. The third kappa shape index (κ3) is 2.58. The summed E-state index contributed by atoms with van der Waals surface area (Å²) in [6.07, 6.45) is 1.96. The molecule has 0 aliphatic rings. The van der Waals surface area contributed by atoms with E-state index in [1.165, 1.54) is 22.7 Å². The average Bonchev–Trinajstić information content (AvgIpc) is 2.75. The Labute approximate surface area is 104 Å². The molecule has 0 saturated heterocycles. The third-order valence-electron chi connectivity index (χ3n) is 1.75. The molecule has 2 aromatic rings. The number of carbonyl (C=O) groups is 1. The molecular formula is C9H5Cl2NOS2. The van der Waals surface area contributed by atoms with Crippen LogP contribution in [0.1, 0.15) is 15.4 Å². The van der Waals surface area contributed by atoms with Gasteiger partial charge >= 0.3 is 0 Å². The first-order valence-corrected chi connectivity index (χ1v) is 6.48. The summed E-state index contributed by atoms with van der Waals surface area (Å²) in [5, 5.41) is 2.63. The van der Waals surface area contributed by atoms with E-state index >= 15 is 0 Å². The fourth-order valence-electron chi connectivity index (χ4n) is 1.10. The van der Waals surface area contributed by atoms with Crippen LogP contribution in [0.5, 0.6) is 0 Å². The molecule has 0 aromatic carbocycles. The number of ketones is 1. The Hall–Kier alpha value is -0.420. The van der Waals surface area contributed by atoms with Crippen molar-refractivity contribution in [2.24, 2.45) is 0 Å². The molecule has 15 heavy (non-hydrogen) atoms. The number of thiophene rings is 1. The van der Waals surface area contributed by atoms with Gasteiger partial charge in [0.1, 0.15) is 9.34 Å². The minimum atomic E-state index is -0.0434. The molecule has 2 rings (SSSR count). The lowest BCUT2D eigenvalue weighted by Gasteiger charge is -1.94. The van der Waals surface area contributed by atoms with Crippen LogP contribution in [0.25, 0.3) is 0 Å². The Morgan fingerprint density at radius 1 is 1.47 bits per heavy atom. The normalized spacial score (nSPS) is 10.5. The molecular weight excluding hydrogens is 273 g/mol. The van der Waals surface area contributed by atoms with E-state index in [0.29, 0.717) is 14.2 Å². The van der Waals surface area contributed by atoms with Gasteiger partial charge in [-0.25, -0.2) is 4.98 Å². The zero-order chi connectivity index (χ0) is 10.8. The SMILES string of the molecule is O=C(Cc1nccs1)c1cc(Cl)sc1Cl. The Morgan fingerprint density at radius 2 is 2.27 bits per heavy atom. The quantitative estimate of drug-likeness (QED) is 0.796. The number of Topliss-reactive ketones (excluding diaryl/α,β-unsaturated/α-hetero) is 1. The van der Waals surface area contributed by atoms with Crippen molar-refractivity contribution in [2.45, 2.75) is 6.42 Å². The number of hydrogen-bond donors (Lipinski definition) is 0. The maximum absolute atomic E-state index is 11.8. The molecule has 0 aliphatic carbocycles. The first-order valence-electron chi connectivity index (χ1n) is 4.03. The zero-order valence-corrected chi connectivity index (χ0v) is 10.5. The maximum Gasteiger partial charge on any atom is 0.172 e. The summed E-state index contributed by atoms with van der Waals surface area (Å²) in [6.45, 7) is 0. The van der Waals surface area contributed by atoms with Crippen molar-refractivity contribution in [3.63, 3.8) is 0 Å². The highest BCUT2D eigenvalue weighted by Crippen LogP contribution is 2.31. The number of carbonyl (C=O) groups excluding carboxylic acids is 1. The van der Waals surface area contributed by atoms with Gasteiger partial charge in [0.2, 0.25) is 0 Å². The molecule has 6 heteroatoms. The van der Waals surface area contributed by atoms with Gasteiger partial charge in [0.05, 0.1) is 10.8 Å². The lowest BCUT2D eigenvalue weighted by atomic mass is 10.2. The summed E-state index contributed by atoms with van der Waals surface area (Å²) in [7, 11) is 0. The molecule has 0 saturated carbocycles. The largest absolute Gasteiger partial charge is 0.294 e. The molecule has 0 bridgehead atoms. The highest BCUT2D eigenvalue weighted by molar-refractivity contribution is 7.20. The van der Waals surface area contributed by atoms with E-state index in [0.717, 1.165) is 5.01 Å². The van der Waals surface area contributed by atoms with Crippen LogP contribution in [-0.4, -0.2) is 10.8 Å².